The third-order valence-electron chi connectivity index (χ3n) is 3.26. The normalized spacial score (nSPS) is 11.0. The summed E-state index contributed by atoms with van der Waals surface area (Å²) in [5, 5.41) is 4.09. The van der Waals surface area contributed by atoms with Crippen LogP contribution in [-0.4, -0.2) is 45.2 Å². The zero-order valence-electron chi connectivity index (χ0n) is 13.1. The van der Waals surface area contributed by atoms with Crippen LogP contribution in [0.5, 0.6) is 0 Å². The number of nitrogens with zero attached hydrogens (tertiary/aromatic N) is 4. The average Bonchev–Trinajstić information content (AvgIpc) is 2.99. The molecule has 5 nitrogen and oxygen atoms in total. The Morgan fingerprint density at radius 3 is 2.15 bits per heavy atom. The van der Waals surface area contributed by atoms with Crippen molar-refractivity contribution in [3.8, 4) is 0 Å². The van der Waals surface area contributed by atoms with Crippen molar-refractivity contribution < 1.29 is 4.79 Å². The molecule has 5 heteroatoms. The number of rotatable bonds is 9. The number of hydrogen-bond acceptors (Lipinski definition) is 3. The summed E-state index contributed by atoms with van der Waals surface area (Å²) in [5.41, 5.74) is 0. The molecule has 0 bridgehead atoms. The van der Waals surface area contributed by atoms with E-state index in [1.54, 1.807) is 23.3 Å². The van der Waals surface area contributed by atoms with Crippen molar-refractivity contribution in [1.82, 2.24) is 19.6 Å². The third kappa shape index (κ3) is 4.96. The van der Waals surface area contributed by atoms with Crippen molar-refractivity contribution >= 4 is 6.03 Å². The van der Waals surface area contributed by atoms with Crippen LogP contribution >= 0.6 is 0 Å². The molecule has 0 radical (unpaired) electrons. The molecule has 1 aromatic rings. The van der Waals surface area contributed by atoms with Gasteiger partial charge in [-0.05, 0) is 19.3 Å². The Labute approximate surface area is 122 Å². The van der Waals surface area contributed by atoms with E-state index in [1.165, 1.54) is 0 Å². The first kappa shape index (κ1) is 16.7. The zero-order chi connectivity index (χ0) is 14.8. The number of aromatic nitrogens is 2. The first-order valence-corrected chi connectivity index (χ1v) is 7.79. The fourth-order valence-corrected chi connectivity index (χ4v) is 2.11. The summed E-state index contributed by atoms with van der Waals surface area (Å²) in [4.78, 5) is 16.5. The molecule has 0 unspecified atom stereocenters. The van der Waals surface area contributed by atoms with Gasteiger partial charge in [0.25, 0.3) is 0 Å². The average molecular weight is 280 g/mol. The molecule has 0 saturated heterocycles. The van der Waals surface area contributed by atoms with Crippen LogP contribution in [0.2, 0.25) is 0 Å². The molecule has 1 aromatic heterocycles. The fraction of sp³-hybridized carbons (Fsp3) is 0.733. The third-order valence-corrected chi connectivity index (χ3v) is 3.26. The van der Waals surface area contributed by atoms with E-state index < -0.39 is 0 Å². The van der Waals surface area contributed by atoms with Crippen molar-refractivity contribution in [3.63, 3.8) is 0 Å². The number of imidazole rings is 1. The van der Waals surface area contributed by atoms with Gasteiger partial charge < -0.3 is 0 Å². The Morgan fingerprint density at radius 1 is 1.05 bits per heavy atom. The van der Waals surface area contributed by atoms with E-state index in [1.807, 2.05) is 5.01 Å². The summed E-state index contributed by atoms with van der Waals surface area (Å²) in [7, 11) is 0. The highest BCUT2D eigenvalue weighted by Crippen LogP contribution is 2.08. The van der Waals surface area contributed by atoms with Crippen LogP contribution in [0.25, 0.3) is 0 Å². The van der Waals surface area contributed by atoms with Gasteiger partial charge in [-0.3, -0.25) is 9.58 Å². The van der Waals surface area contributed by atoms with Gasteiger partial charge in [0.2, 0.25) is 0 Å². The monoisotopic (exact) mass is 280 g/mol. The summed E-state index contributed by atoms with van der Waals surface area (Å²) in [6.07, 6.45) is 10.4. The molecule has 0 fully saturated rings. The van der Waals surface area contributed by atoms with Crippen molar-refractivity contribution in [2.24, 2.45) is 0 Å². The van der Waals surface area contributed by atoms with Crippen molar-refractivity contribution in [2.75, 3.05) is 19.6 Å². The van der Waals surface area contributed by atoms with Gasteiger partial charge >= 0.3 is 6.03 Å². The SMILES string of the molecule is CCCCN(CCCC)N(CCC)C(=O)n1ccnc1. The zero-order valence-corrected chi connectivity index (χ0v) is 13.1. The molecule has 114 valence electrons. The molecule has 1 rings (SSSR count). The number of hydrogen-bond donors (Lipinski definition) is 0. The van der Waals surface area contributed by atoms with E-state index in [2.05, 4.69) is 30.8 Å². The van der Waals surface area contributed by atoms with Crippen molar-refractivity contribution in [2.45, 2.75) is 52.9 Å². The van der Waals surface area contributed by atoms with E-state index in [0.717, 1.165) is 51.7 Å². The second-order valence-electron chi connectivity index (χ2n) is 5.04. The lowest BCUT2D eigenvalue weighted by atomic mass is 10.3. The van der Waals surface area contributed by atoms with Crippen molar-refractivity contribution in [1.29, 1.82) is 0 Å². The number of carbonyl (C=O) groups excluding carboxylic acids is 1. The van der Waals surface area contributed by atoms with Gasteiger partial charge in [-0.1, -0.05) is 33.6 Å². The Bertz CT molecular complexity index is 356. The number of amides is 1. The molecule has 0 aliphatic heterocycles. The second-order valence-corrected chi connectivity index (χ2v) is 5.04. The molecule has 0 aliphatic carbocycles. The smallest absolute Gasteiger partial charge is 0.257 e. The van der Waals surface area contributed by atoms with E-state index in [9.17, 15) is 4.79 Å². The predicted octanol–water partition coefficient (Wildman–Crippen LogP) is 3.38. The quantitative estimate of drug-likeness (QED) is 0.651. The van der Waals surface area contributed by atoms with Crippen LogP contribution in [0.15, 0.2) is 18.7 Å². The van der Waals surface area contributed by atoms with Crippen LogP contribution < -0.4 is 0 Å². The number of carbonyl (C=O) groups is 1. The summed E-state index contributed by atoms with van der Waals surface area (Å²) < 4.78 is 1.56. The van der Waals surface area contributed by atoms with Gasteiger partial charge in [0.15, 0.2) is 0 Å². The summed E-state index contributed by atoms with van der Waals surface area (Å²) >= 11 is 0. The van der Waals surface area contributed by atoms with E-state index in [0.29, 0.717) is 0 Å². The maximum atomic E-state index is 12.6. The Balaban J connectivity index is 2.79. The highest BCUT2D eigenvalue weighted by molar-refractivity contribution is 5.76. The predicted molar refractivity (Wildman–Crippen MR) is 81.4 cm³/mol. The van der Waals surface area contributed by atoms with Crippen molar-refractivity contribution in [3.05, 3.63) is 18.7 Å². The van der Waals surface area contributed by atoms with Gasteiger partial charge in [0.05, 0.1) is 0 Å². The molecule has 0 aromatic carbocycles. The lowest BCUT2D eigenvalue weighted by molar-refractivity contribution is 0.0114. The lowest BCUT2D eigenvalue weighted by Gasteiger charge is -2.34. The molecule has 0 aliphatic rings. The standard InChI is InChI=1S/C15H28N4O/c1-4-7-11-18(12-8-5-2)19(10-6-3)15(20)17-13-9-16-14-17/h9,13-14H,4-8,10-12H2,1-3H3. The van der Waals surface area contributed by atoms with Gasteiger partial charge in [-0.15, -0.1) is 0 Å². The van der Waals surface area contributed by atoms with Gasteiger partial charge in [0.1, 0.15) is 6.33 Å². The molecule has 1 amide bonds. The van der Waals surface area contributed by atoms with Crippen LogP contribution in [0, 0.1) is 0 Å². The van der Waals surface area contributed by atoms with Crippen LogP contribution in [0.4, 0.5) is 4.79 Å². The minimum absolute atomic E-state index is 0.00319. The summed E-state index contributed by atoms with van der Waals surface area (Å²) in [6, 6.07) is -0.00319. The molecule has 0 atom stereocenters. The van der Waals surface area contributed by atoms with E-state index >= 15 is 0 Å². The van der Waals surface area contributed by atoms with Crippen LogP contribution in [0.1, 0.15) is 52.9 Å². The fourth-order valence-electron chi connectivity index (χ4n) is 2.11. The largest absolute Gasteiger partial charge is 0.343 e. The molecular weight excluding hydrogens is 252 g/mol. The highest BCUT2D eigenvalue weighted by Gasteiger charge is 2.21. The van der Waals surface area contributed by atoms with Crippen LogP contribution in [-0.2, 0) is 0 Å². The highest BCUT2D eigenvalue weighted by atomic mass is 16.2. The second kappa shape index (κ2) is 9.53. The summed E-state index contributed by atoms with van der Waals surface area (Å²) in [6.45, 7) is 9.10. The van der Waals surface area contributed by atoms with E-state index in [-0.39, 0.29) is 6.03 Å². The maximum Gasteiger partial charge on any atom is 0.343 e. The van der Waals surface area contributed by atoms with Crippen LogP contribution in [0.3, 0.4) is 0 Å². The van der Waals surface area contributed by atoms with Gasteiger partial charge in [-0.2, -0.15) is 0 Å². The molecule has 0 spiro atoms. The first-order chi connectivity index (χ1) is 9.74. The van der Waals surface area contributed by atoms with Gasteiger partial charge in [0, 0.05) is 32.0 Å². The minimum atomic E-state index is -0.00319. The number of hydrazine groups is 1. The van der Waals surface area contributed by atoms with E-state index in [4.69, 9.17) is 0 Å². The molecule has 20 heavy (non-hydrogen) atoms. The first-order valence-electron chi connectivity index (χ1n) is 7.79. The molecule has 0 saturated carbocycles. The Kier molecular flexibility index (Phi) is 7.95. The molecule has 0 N–H and O–H groups in total. The topological polar surface area (TPSA) is 41.4 Å². The Morgan fingerprint density at radius 2 is 1.70 bits per heavy atom. The minimum Gasteiger partial charge on any atom is -0.257 e. The Hall–Kier alpha value is -1.36. The number of unbranched alkanes of at least 4 members (excludes halogenated alkanes) is 2. The maximum absolute atomic E-state index is 12.6. The lowest BCUT2D eigenvalue weighted by Crippen LogP contribution is -2.49. The summed E-state index contributed by atoms with van der Waals surface area (Å²) in [5.74, 6) is 0. The molecule has 1 heterocycles. The van der Waals surface area contributed by atoms with Gasteiger partial charge in [-0.25, -0.2) is 14.8 Å². The molecular formula is C15H28N4O.